The van der Waals surface area contributed by atoms with Crippen molar-refractivity contribution in [1.29, 1.82) is 0 Å². The normalized spacial score (nSPS) is 17.6. The zero-order valence-electron chi connectivity index (χ0n) is 15.3. The third-order valence-electron chi connectivity index (χ3n) is 4.30. The lowest BCUT2D eigenvalue weighted by atomic mass is 10.1. The van der Waals surface area contributed by atoms with E-state index in [9.17, 15) is 4.79 Å². The molecular weight excluding hydrogens is 330 g/mol. The van der Waals surface area contributed by atoms with E-state index in [4.69, 9.17) is 0 Å². The van der Waals surface area contributed by atoms with Crippen LogP contribution in [0.1, 0.15) is 35.0 Å². The second-order valence-corrected chi connectivity index (χ2v) is 7.43. The number of hydrogen-bond acceptors (Lipinski definition) is 3. The SMILES string of the molecule is CCn1c(C)cc(/C=C2\SC(=Nc3cc(C)cc(C)c3)NC2=O)c1C. The number of hydrogen-bond donors (Lipinski definition) is 1. The summed E-state index contributed by atoms with van der Waals surface area (Å²) in [7, 11) is 0. The molecule has 0 radical (unpaired) electrons. The number of nitrogens with zero attached hydrogens (tertiary/aromatic N) is 2. The zero-order chi connectivity index (χ0) is 18.1. The third kappa shape index (κ3) is 3.71. The number of amidine groups is 1. The predicted molar refractivity (Wildman–Crippen MR) is 106 cm³/mol. The number of benzene rings is 1. The number of aliphatic imine (C=N–C) groups is 1. The summed E-state index contributed by atoms with van der Waals surface area (Å²) in [6.07, 6.45) is 1.96. The van der Waals surface area contributed by atoms with Gasteiger partial charge in [0.2, 0.25) is 0 Å². The van der Waals surface area contributed by atoms with Crippen LogP contribution in [0.4, 0.5) is 5.69 Å². The van der Waals surface area contributed by atoms with Gasteiger partial charge in [-0.05, 0) is 87.3 Å². The molecule has 1 amide bonds. The van der Waals surface area contributed by atoms with Crippen molar-refractivity contribution >= 4 is 34.6 Å². The van der Waals surface area contributed by atoms with Gasteiger partial charge in [-0.1, -0.05) is 6.07 Å². The highest BCUT2D eigenvalue weighted by molar-refractivity contribution is 8.18. The summed E-state index contributed by atoms with van der Waals surface area (Å²) in [6.45, 7) is 11.3. The number of rotatable bonds is 3. The minimum Gasteiger partial charge on any atom is -0.349 e. The average Bonchev–Trinajstić information content (AvgIpc) is 2.98. The van der Waals surface area contributed by atoms with Crippen LogP contribution < -0.4 is 5.32 Å². The van der Waals surface area contributed by atoms with Gasteiger partial charge in [-0.25, -0.2) is 4.99 Å². The first-order chi connectivity index (χ1) is 11.9. The smallest absolute Gasteiger partial charge is 0.264 e. The molecule has 0 atom stereocenters. The lowest BCUT2D eigenvalue weighted by molar-refractivity contribution is -0.115. The summed E-state index contributed by atoms with van der Waals surface area (Å²) in [5.41, 5.74) is 6.67. The van der Waals surface area contributed by atoms with Crippen LogP contribution in [0.25, 0.3) is 6.08 Å². The van der Waals surface area contributed by atoms with Crippen LogP contribution in [0.5, 0.6) is 0 Å². The zero-order valence-corrected chi connectivity index (χ0v) is 16.1. The molecule has 1 aliphatic heterocycles. The number of thioether (sulfide) groups is 1. The molecule has 0 aliphatic carbocycles. The standard InChI is InChI=1S/C20H23N3OS/c1-6-23-14(4)10-16(15(23)5)11-18-19(24)22-20(25-18)21-17-8-12(2)7-13(3)9-17/h7-11H,6H2,1-5H3,(H,21,22,24)/b18-11-. The molecule has 0 spiro atoms. The molecular formula is C20H23N3OS. The molecule has 25 heavy (non-hydrogen) atoms. The molecule has 2 heterocycles. The lowest BCUT2D eigenvalue weighted by Gasteiger charge is -2.04. The van der Waals surface area contributed by atoms with Gasteiger partial charge in [-0.2, -0.15) is 0 Å². The summed E-state index contributed by atoms with van der Waals surface area (Å²) in [5.74, 6) is -0.0885. The Balaban J connectivity index is 1.89. The Bertz CT molecular complexity index is 886. The topological polar surface area (TPSA) is 46.4 Å². The van der Waals surface area contributed by atoms with E-state index in [-0.39, 0.29) is 5.91 Å². The van der Waals surface area contributed by atoms with Gasteiger partial charge in [-0.15, -0.1) is 0 Å². The van der Waals surface area contributed by atoms with E-state index in [1.54, 1.807) is 0 Å². The van der Waals surface area contributed by atoms with E-state index < -0.39 is 0 Å². The molecule has 3 rings (SSSR count). The molecule has 1 N–H and O–H groups in total. The van der Waals surface area contributed by atoms with Crippen LogP contribution in [-0.4, -0.2) is 15.6 Å². The first-order valence-electron chi connectivity index (χ1n) is 8.42. The minimum atomic E-state index is -0.0885. The first-order valence-corrected chi connectivity index (χ1v) is 9.23. The molecule has 1 fully saturated rings. The Morgan fingerprint density at radius 2 is 1.80 bits per heavy atom. The molecule has 1 aromatic carbocycles. The molecule has 5 heteroatoms. The minimum absolute atomic E-state index is 0.0885. The summed E-state index contributed by atoms with van der Waals surface area (Å²) >= 11 is 1.39. The van der Waals surface area contributed by atoms with Crippen LogP contribution in [-0.2, 0) is 11.3 Å². The largest absolute Gasteiger partial charge is 0.349 e. The Hall–Kier alpha value is -2.27. The predicted octanol–water partition coefficient (Wildman–Crippen LogP) is 4.63. The fraction of sp³-hybridized carbons (Fsp3) is 0.300. The molecule has 1 saturated heterocycles. The summed E-state index contributed by atoms with van der Waals surface area (Å²) in [5, 5.41) is 3.50. The highest BCUT2D eigenvalue weighted by Gasteiger charge is 2.24. The van der Waals surface area contributed by atoms with Crippen molar-refractivity contribution in [3.63, 3.8) is 0 Å². The highest BCUT2D eigenvalue weighted by atomic mass is 32.2. The quantitative estimate of drug-likeness (QED) is 0.818. The van der Waals surface area contributed by atoms with Gasteiger partial charge < -0.3 is 9.88 Å². The van der Waals surface area contributed by atoms with Gasteiger partial charge in [0.05, 0.1) is 10.6 Å². The Morgan fingerprint density at radius 3 is 2.40 bits per heavy atom. The molecule has 2 aromatic rings. The summed E-state index contributed by atoms with van der Waals surface area (Å²) in [4.78, 5) is 17.6. The molecule has 1 aromatic heterocycles. The van der Waals surface area contributed by atoms with Gasteiger partial charge in [0.25, 0.3) is 5.91 Å². The molecule has 1 aliphatic rings. The number of aromatic nitrogens is 1. The maximum Gasteiger partial charge on any atom is 0.264 e. The van der Waals surface area contributed by atoms with Crippen LogP contribution in [0.3, 0.4) is 0 Å². The van der Waals surface area contributed by atoms with Crippen molar-refractivity contribution in [3.8, 4) is 0 Å². The lowest BCUT2D eigenvalue weighted by Crippen LogP contribution is -2.19. The maximum atomic E-state index is 12.3. The van der Waals surface area contributed by atoms with Crippen molar-refractivity contribution in [3.05, 3.63) is 57.2 Å². The number of carbonyl (C=O) groups excluding carboxylic acids is 1. The Kier molecular flexibility index (Phi) is 4.86. The van der Waals surface area contributed by atoms with Crippen LogP contribution in [0.2, 0.25) is 0 Å². The third-order valence-corrected chi connectivity index (χ3v) is 5.21. The Labute approximate surface area is 153 Å². The number of carbonyl (C=O) groups is 1. The molecule has 0 unspecified atom stereocenters. The van der Waals surface area contributed by atoms with Crippen molar-refractivity contribution in [2.24, 2.45) is 4.99 Å². The van der Waals surface area contributed by atoms with Crippen molar-refractivity contribution in [2.45, 2.75) is 41.2 Å². The van der Waals surface area contributed by atoms with E-state index in [2.05, 4.69) is 47.8 Å². The Morgan fingerprint density at radius 1 is 1.12 bits per heavy atom. The van der Waals surface area contributed by atoms with Gasteiger partial charge in [0, 0.05) is 17.9 Å². The number of nitrogens with one attached hydrogen (secondary N) is 1. The van der Waals surface area contributed by atoms with E-state index in [0.29, 0.717) is 10.1 Å². The molecule has 0 saturated carbocycles. The maximum absolute atomic E-state index is 12.3. The summed E-state index contributed by atoms with van der Waals surface area (Å²) < 4.78 is 2.24. The highest BCUT2D eigenvalue weighted by Crippen LogP contribution is 2.30. The second-order valence-electron chi connectivity index (χ2n) is 6.40. The molecule has 4 nitrogen and oxygen atoms in total. The molecule has 0 bridgehead atoms. The van der Waals surface area contributed by atoms with Crippen molar-refractivity contribution in [1.82, 2.24) is 9.88 Å². The van der Waals surface area contributed by atoms with Crippen LogP contribution in [0, 0.1) is 27.7 Å². The van der Waals surface area contributed by atoms with Gasteiger partial charge in [0.15, 0.2) is 5.17 Å². The van der Waals surface area contributed by atoms with Gasteiger partial charge in [-0.3, -0.25) is 4.79 Å². The number of amides is 1. The monoisotopic (exact) mass is 353 g/mol. The van der Waals surface area contributed by atoms with Gasteiger partial charge >= 0.3 is 0 Å². The van der Waals surface area contributed by atoms with Crippen molar-refractivity contribution in [2.75, 3.05) is 0 Å². The summed E-state index contributed by atoms with van der Waals surface area (Å²) in [6, 6.07) is 8.27. The van der Waals surface area contributed by atoms with E-state index >= 15 is 0 Å². The van der Waals surface area contributed by atoms with Crippen molar-refractivity contribution < 1.29 is 4.79 Å². The van der Waals surface area contributed by atoms with Gasteiger partial charge in [0.1, 0.15) is 0 Å². The van der Waals surface area contributed by atoms with E-state index in [1.807, 2.05) is 32.1 Å². The fourth-order valence-electron chi connectivity index (χ4n) is 3.21. The van der Waals surface area contributed by atoms with Crippen LogP contribution >= 0.6 is 11.8 Å². The second kappa shape index (κ2) is 6.92. The molecule has 130 valence electrons. The first kappa shape index (κ1) is 17.5. The van der Waals surface area contributed by atoms with Crippen LogP contribution in [0.15, 0.2) is 34.2 Å². The van der Waals surface area contributed by atoms with E-state index in [0.717, 1.165) is 28.9 Å². The average molecular weight is 353 g/mol. The number of aryl methyl sites for hydroxylation is 3. The van der Waals surface area contributed by atoms with E-state index in [1.165, 1.54) is 23.1 Å². The fourth-order valence-corrected chi connectivity index (χ4v) is 4.05.